The van der Waals surface area contributed by atoms with Crippen LogP contribution >= 0.6 is 0 Å². The van der Waals surface area contributed by atoms with Crippen molar-refractivity contribution in [1.29, 1.82) is 0 Å². The number of hydrogen-bond donors (Lipinski definition) is 3. The lowest BCUT2D eigenvalue weighted by Gasteiger charge is -2.42. The molecule has 2 fully saturated rings. The SMILES string of the molecule is NC1C(F)CC2NC1(c1ccccc1)CC2CO. The number of halogens is 1. The number of nitrogens with one attached hydrogen (secondary N) is 1. The lowest BCUT2D eigenvalue weighted by atomic mass is 9.78. The number of aliphatic hydroxyl groups excluding tert-OH is 1. The number of nitrogens with two attached hydrogens (primary N) is 1. The molecule has 2 aliphatic rings. The fourth-order valence-corrected chi connectivity index (χ4v) is 3.57. The maximum atomic E-state index is 14.1. The van der Waals surface area contributed by atoms with Crippen molar-refractivity contribution < 1.29 is 9.50 Å². The minimum atomic E-state index is -1.01. The molecule has 0 amide bonds. The molecule has 2 saturated heterocycles. The van der Waals surface area contributed by atoms with E-state index in [1.54, 1.807) is 0 Å². The van der Waals surface area contributed by atoms with E-state index in [4.69, 9.17) is 5.73 Å². The Morgan fingerprint density at radius 1 is 1.39 bits per heavy atom. The number of piperidine rings is 1. The van der Waals surface area contributed by atoms with Gasteiger partial charge in [0, 0.05) is 12.6 Å². The van der Waals surface area contributed by atoms with E-state index < -0.39 is 17.8 Å². The quantitative estimate of drug-likeness (QED) is 0.731. The lowest BCUT2D eigenvalue weighted by Crippen LogP contribution is -2.62. The van der Waals surface area contributed by atoms with Crippen LogP contribution in [0.1, 0.15) is 18.4 Å². The van der Waals surface area contributed by atoms with Crippen molar-refractivity contribution in [3.8, 4) is 0 Å². The topological polar surface area (TPSA) is 58.3 Å². The third-order valence-electron chi connectivity index (χ3n) is 4.56. The average Bonchev–Trinajstić information content (AvgIpc) is 2.74. The molecule has 98 valence electrons. The third kappa shape index (κ3) is 1.60. The first kappa shape index (κ1) is 12.1. The molecule has 4 heteroatoms. The highest BCUT2D eigenvalue weighted by Gasteiger charge is 2.55. The molecule has 3 nitrogen and oxygen atoms in total. The molecule has 1 aromatic carbocycles. The molecule has 3 rings (SSSR count). The van der Waals surface area contributed by atoms with Gasteiger partial charge in [-0.3, -0.25) is 0 Å². The van der Waals surface area contributed by atoms with E-state index in [0.717, 1.165) is 5.56 Å². The van der Waals surface area contributed by atoms with Gasteiger partial charge in [-0.1, -0.05) is 30.3 Å². The van der Waals surface area contributed by atoms with Gasteiger partial charge in [-0.15, -0.1) is 0 Å². The van der Waals surface area contributed by atoms with Crippen molar-refractivity contribution in [2.24, 2.45) is 11.7 Å². The summed E-state index contributed by atoms with van der Waals surface area (Å²) in [5.74, 6) is 0.0945. The molecule has 0 aliphatic carbocycles. The van der Waals surface area contributed by atoms with Gasteiger partial charge in [0.05, 0.1) is 11.6 Å². The van der Waals surface area contributed by atoms with E-state index in [9.17, 15) is 9.50 Å². The summed E-state index contributed by atoms with van der Waals surface area (Å²) < 4.78 is 14.1. The summed E-state index contributed by atoms with van der Waals surface area (Å²) in [6.45, 7) is 0.0890. The number of alkyl halides is 1. The minimum absolute atomic E-state index is 0.0324. The first-order valence-corrected chi connectivity index (χ1v) is 6.51. The molecule has 2 aliphatic heterocycles. The second kappa shape index (κ2) is 4.30. The van der Waals surface area contributed by atoms with Crippen LogP contribution in [0.15, 0.2) is 30.3 Å². The summed E-state index contributed by atoms with van der Waals surface area (Å²) in [5.41, 5.74) is 6.64. The predicted octanol–water partition coefficient (Wildman–Crippen LogP) is 0.921. The first-order valence-electron chi connectivity index (χ1n) is 6.51. The van der Waals surface area contributed by atoms with Crippen LogP contribution < -0.4 is 11.1 Å². The molecule has 0 spiro atoms. The van der Waals surface area contributed by atoms with Crippen molar-refractivity contribution >= 4 is 0 Å². The van der Waals surface area contributed by atoms with Crippen LogP contribution in [-0.2, 0) is 5.54 Å². The van der Waals surface area contributed by atoms with Gasteiger partial charge in [0.15, 0.2) is 0 Å². The number of benzene rings is 1. The second-order valence-corrected chi connectivity index (χ2v) is 5.51. The Bertz CT molecular complexity index is 427. The summed E-state index contributed by atoms with van der Waals surface area (Å²) in [4.78, 5) is 0. The van der Waals surface area contributed by atoms with Crippen LogP contribution in [0.2, 0.25) is 0 Å². The Morgan fingerprint density at radius 2 is 2.11 bits per heavy atom. The van der Waals surface area contributed by atoms with E-state index in [1.807, 2.05) is 30.3 Å². The molecule has 2 heterocycles. The summed E-state index contributed by atoms with van der Waals surface area (Å²) in [7, 11) is 0. The fourth-order valence-electron chi connectivity index (χ4n) is 3.57. The highest BCUT2D eigenvalue weighted by molar-refractivity contribution is 5.32. The molecule has 0 saturated carbocycles. The number of fused-ring (bicyclic) bond motifs is 2. The van der Waals surface area contributed by atoms with Gasteiger partial charge in [0.1, 0.15) is 6.17 Å². The molecular formula is C14H19FN2O. The summed E-state index contributed by atoms with van der Waals surface area (Å²) in [5, 5.41) is 12.9. The molecule has 0 aromatic heterocycles. The smallest absolute Gasteiger partial charge is 0.119 e. The van der Waals surface area contributed by atoms with Crippen LogP contribution in [0.25, 0.3) is 0 Å². The zero-order valence-corrected chi connectivity index (χ0v) is 10.2. The third-order valence-corrected chi connectivity index (χ3v) is 4.56. The van der Waals surface area contributed by atoms with Gasteiger partial charge >= 0.3 is 0 Å². The van der Waals surface area contributed by atoms with Gasteiger partial charge < -0.3 is 16.2 Å². The van der Waals surface area contributed by atoms with E-state index in [-0.39, 0.29) is 18.6 Å². The van der Waals surface area contributed by atoms with Gasteiger partial charge in [0.2, 0.25) is 0 Å². The number of hydrogen-bond acceptors (Lipinski definition) is 3. The largest absolute Gasteiger partial charge is 0.396 e. The highest BCUT2D eigenvalue weighted by atomic mass is 19.1. The van der Waals surface area contributed by atoms with Crippen molar-refractivity contribution in [1.82, 2.24) is 5.32 Å². The molecule has 0 radical (unpaired) electrons. The minimum Gasteiger partial charge on any atom is -0.396 e. The maximum Gasteiger partial charge on any atom is 0.119 e. The van der Waals surface area contributed by atoms with Crippen molar-refractivity contribution in [3.63, 3.8) is 0 Å². The van der Waals surface area contributed by atoms with Gasteiger partial charge in [0.25, 0.3) is 0 Å². The van der Waals surface area contributed by atoms with E-state index in [2.05, 4.69) is 5.32 Å². The van der Waals surface area contributed by atoms with Crippen molar-refractivity contribution in [3.05, 3.63) is 35.9 Å². The monoisotopic (exact) mass is 250 g/mol. The molecule has 5 atom stereocenters. The first-order chi connectivity index (χ1) is 8.67. The molecule has 1 aromatic rings. The average molecular weight is 250 g/mol. The zero-order chi connectivity index (χ0) is 12.8. The second-order valence-electron chi connectivity index (χ2n) is 5.51. The zero-order valence-electron chi connectivity index (χ0n) is 10.2. The van der Waals surface area contributed by atoms with Crippen LogP contribution in [0.5, 0.6) is 0 Å². The van der Waals surface area contributed by atoms with E-state index in [0.29, 0.717) is 12.8 Å². The Balaban J connectivity index is 2.03. The number of rotatable bonds is 2. The van der Waals surface area contributed by atoms with Crippen LogP contribution in [-0.4, -0.2) is 30.0 Å². The van der Waals surface area contributed by atoms with Crippen LogP contribution in [0.3, 0.4) is 0 Å². The molecule has 2 bridgehead atoms. The molecular weight excluding hydrogens is 231 g/mol. The van der Waals surface area contributed by atoms with Gasteiger partial charge in [-0.2, -0.15) is 0 Å². The molecule has 18 heavy (non-hydrogen) atoms. The fraction of sp³-hybridized carbons (Fsp3) is 0.571. The van der Waals surface area contributed by atoms with Crippen molar-refractivity contribution in [2.75, 3.05) is 6.61 Å². The van der Waals surface area contributed by atoms with E-state index >= 15 is 0 Å². The van der Waals surface area contributed by atoms with Gasteiger partial charge in [-0.05, 0) is 24.3 Å². The highest BCUT2D eigenvalue weighted by Crippen LogP contribution is 2.45. The maximum absolute atomic E-state index is 14.1. The predicted molar refractivity (Wildman–Crippen MR) is 67.7 cm³/mol. The summed E-state index contributed by atoms with van der Waals surface area (Å²) >= 11 is 0. The lowest BCUT2D eigenvalue weighted by molar-refractivity contribution is 0.123. The normalized spacial score (nSPS) is 43.1. The Kier molecular flexibility index (Phi) is 2.88. The standard InChI is InChI=1S/C14H19FN2O/c15-11-6-12-9(8-18)7-14(17-12,13(11)16)10-4-2-1-3-5-10/h1-5,9,11-13,17-18H,6-8,16H2. The Morgan fingerprint density at radius 3 is 2.78 bits per heavy atom. The summed E-state index contributed by atoms with van der Waals surface area (Å²) in [6.07, 6.45) is 0.105. The Labute approximate surface area is 106 Å². The van der Waals surface area contributed by atoms with Crippen molar-refractivity contribution in [2.45, 2.75) is 36.6 Å². The Hall–Kier alpha value is -0.970. The molecule has 4 N–H and O–H groups in total. The summed E-state index contributed by atoms with van der Waals surface area (Å²) in [6, 6.07) is 9.29. The van der Waals surface area contributed by atoms with Crippen LogP contribution in [0.4, 0.5) is 4.39 Å². The molecule has 5 unspecified atom stereocenters. The number of aliphatic hydroxyl groups is 1. The van der Waals surface area contributed by atoms with Crippen LogP contribution in [0, 0.1) is 5.92 Å². The van der Waals surface area contributed by atoms with E-state index in [1.165, 1.54) is 0 Å². The van der Waals surface area contributed by atoms with Gasteiger partial charge in [-0.25, -0.2) is 4.39 Å².